The van der Waals surface area contributed by atoms with Gasteiger partial charge in [0.1, 0.15) is 6.07 Å². The van der Waals surface area contributed by atoms with E-state index in [2.05, 4.69) is 114 Å². The minimum Gasteiger partial charge on any atom is -0.308 e. The van der Waals surface area contributed by atoms with E-state index >= 15 is 0 Å². The van der Waals surface area contributed by atoms with Crippen LogP contribution in [0.3, 0.4) is 0 Å². The van der Waals surface area contributed by atoms with E-state index in [1.54, 1.807) is 11.3 Å². The van der Waals surface area contributed by atoms with E-state index in [1.807, 2.05) is 30.0 Å². The number of hydrogen-bond donors (Lipinski definition) is 0. The first-order valence-electron chi connectivity index (χ1n) is 14.2. The largest absolute Gasteiger partial charge is 0.308 e. The van der Waals surface area contributed by atoms with Crippen LogP contribution in [0.1, 0.15) is 22.6 Å². The summed E-state index contributed by atoms with van der Waals surface area (Å²) >= 11 is 3.62. The molecule has 0 amide bonds. The molecule has 3 heterocycles. The predicted molar refractivity (Wildman–Crippen MR) is 179 cm³/mol. The van der Waals surface area contributed by atoms with Crippen LogP contribution in [0.15, 0.2) is 120 Å². The summed E-state index contributed by atoms with van der Waals surface area (Å²) in [5, 5.41) is 24.8. The van der Waals surface area contributed by atoms with Gasteiger partial charge >= 0.3 is 0 Å². The summed E-state index contributed by atoms with van der Waals surface area (Å²) in [5.41, 5.74) is 8.26. The molecule has 0 spiro atoms. The van der Waals surface area contributed by atoms with E-state index in [-0.39, 0.29) is 0 Å². The highest BCUT2D eigenvalue weighted by atomic mass is 32.2. The highest BCUT2D eigenvalue weighted by Gasteiger charge is 2.33. The number of hydrogen-bond acceptors (Lipinski definition) is 4. The third kappa shape index (κ3) is 3.47. The van der Waals surface area contributed by atoms with Crippen LogP contribution in [0.5, 0.6) is 0 Å². The van der Waals surface area contributed by atoms with Crippen LogP contribution in [0.2, 0.25) is 0 Å². The molecule has 2 atom stereocenters. The van der Waals surface area contributed by atoms with E-state index in [0.717, 1.165) is 53.2 Å². The standard InChI is InChI=1S/C38H21N3S2/c39-20-22-15-16-33-30(17-22)26-7-1-3-12-32(26)41(33)34-13-6-11-29-31-19-23(18-24(21-40)36(31)43-38(29)34)25-9-5-10-28-27-8-2-4-14-35(27)42-37(25)28/h1-19,27,35H. The fourth-order valence-electron chi connectivity index (χ4n) is 6.89. The Morgan fingerprint density at radius 2 is 1.51 bits per heavy atom. The van der Waals surface area contributed by atoms with Crippen molar-refractivity contribution in [2.24, 2.45) is 0 Å². The van der Waals surface area contributed by atoms with Gasteiger partial charge in [0, 0.05) is 37.6 Å². The lowest BCUT2D eigenvalue weighted by Crippen LogP contribution is -2.06. The fraction of sp³-hybridized carbons (Fsp3) is 0.0526. The van der Waals surface area contributed by atoms with Gasteiger partial charge in [0.25, 0.3) is 0 Å². The molecule has 5 heteroatoms. The number of thiophene rings is 1. The predicted octanol–water partition coefficient (Wildman–Crippen LogP) is 10.2. The van der Waals surface area contributed by atoms with Gasteiger partial charge in [-0.05, 0) is 59.2 Å². The van der Waals surface area contributed by atoms with E-state index in [0.29, 0.717) is 22.3 Å². The number of para-hydroxylation sites is 1. The van der Waals surface area contributed by atoms with Crippen molar-refractivity contribution >= 4 is 65.1 Å². The topological polar surface area (TPSA) is 52.5 Å². The van der Waals surface area contributed by atoms with E-state index in [4.69, 9.17) is 0 Å². The van der Waals surface area contributed by atoms with Crippen LogP contribution >= 0.6 is 23.1 Å². The molecule has 200 valence electrons. The normalized spacial score (nSPS) is 17.0. The van der Waals surface area contributed by atoms with E-state index in [9.17, 15) is 10.5 Å². The van der Waals surface area contributed by atoms with Crippen LogP contribution in [0.25, 0.3) is 58.8 Å². The number of aromatic nitrogens is 1. The maximum atomic E-state index is 10.4. The Labute approximate surface area is 256 Å². The molecule has 0 radical (unpaired) electrons. The summed E-state index contributed by atoms with van der Waals surface area (Å²) in [7, 11) is 0. The number of allylic oxidation sites excluding steroid dienone is 3. The molecule has 43 heavy (non-hydrogen) atoms. The van der Waals surface area contributed by atoms with Crippen molar-refractivity contribution in [2.75, 3.05) is 0 Å². The Morgan fingerprint density at radius 1 is 0.674 bits per heavy atom. The summed E-state index contributed by atoms with van der Waals surface area (Å²) in [4.78, 5) is 1.32. The smallest absolute Gasteiger partial charge is 0.101 e. The van der Waals surface area contributed by atoms with Crippen molar-refractivity contribution in [2.45, 2.75) is 16.1 Å². The van der Waals surface area contributed by atoms with Crippen LogP contribution in [-0.4, -0.2) is 9.82 Å². The average Bonchev–Trinajstić information content (AvgIpc) is 3.73. The van der Waals surface area contributed by atoms with Crippen molar-refractivity contribution < 1.29 is 0 Å². The molecule has 0 saturated carbocycles. The molecule has 2 aliphatic rings. The molecule has 1 aliphatic carbocycles. The SMILES string of the molecule is N#Cc1ccc2c(c1)c1ccccc1n2-c1cccc2c1sc1c(C#N)cc(-c3cccc4c3SC3C=CC=CC43)cc12. The van der Waals surface area contributed by atoms with Crippen molar-refractivity contribution in [1.82, 2.24) is 4.57 Å². The number of rotatable bonds is 2. The second kappa shape index (κ2) is 9.21. The molecule has 2 aromatic heterocycles. The second-order valence-corrected chi connectivity index (χ2v) is 13.3. The molecule has 0 bridgehead atoms. The third-order valence-corrected chi connectivity index (χ3v) is 11.5. The summed E-state index contributed by atoms with van der Waals surface area (Å²) in [6, 6.07) is 36.6. The van der Waals surface area contributed by atoms with Gasteiger partial charge in [-0.15, -0.1) is 23.1 Å². The van der Waals surface area contributed by atoms with Crippen LogP contribution in [0.4, 0.5) is 0 Å². The van der Waals surface area contributed by atoms with Crippen molar-refractivity contribution in [3.8, 4) is 29.0 Å². The maximum Gasteiger partial charge on any atom is 0.101 e. The zero-order chi connectivity index (χ0) is 28.7. The first kappa shape index (κ1) is 24.5. The molecule has 2 unspecified atom stereocenters. The molecular weight excluding hydrogens is 563 g/mol. The van der Waals surface area contributed by atoms with Gasteiger partial charge in [0.05, 0.1) is 43.3 Å². The highest BCUT2D eigenvalue weighted by Crippen LogP contribution is 2.52. The minimum atomic E-state index is 0.393. The van der Waals surface area contributed by atoms with Gasteiger partial charge in [0.15, 0.2) is 0 Å². The van der Waals surface area contributed by atoms with Crippen LogP contribution < -0.4 is 0 Å². The zero-order valence-corrected chi connectivity index (χ0v) is 24.4. The van der Waals surface area contributed by atoms with Gasteiger partial charge in [-0.3, -0.25) is 0 Å². The molecule has 7 aromatic rings. The Bertz CT molecular complexity index is 2480. The quantitative estimate of drug-likeness (QED) is 0.203. The Balaban J connectivity index is 1.30. The number of nitrogens with zero attached hydrogens (tertiary/aromatic N) is 3. The van der Waals surface area contributed by atoms with E-state index < -0.39 is 0 Å². The van der Waals surface area contributed by atoms with Gasteiger partial charge in [0.2, 0.25) is 0 Å². The summed E-state index contributed by atoms with van der Waals surface area (Å²) in [6.45, 7) is 0. The molecular formula is C38H21N3S2. The Hall–Kier alpha value is -5.07. The first-order chi connectivity index (χ1) is 21.2. The minimum absolute atomic E-state index is 0.393. The molecule has 0 N–H and O–H groups in total. The molecule has 1 aliphatic heterocycles. The van der Waals surface area contributed by atoms with Gasteiger partial charge in [-0.2, -0.15) is 10.5 Å². The van der Waals surface area contributed by atoms with Gasteiger partial charge in [-0.1, -0.05) is 72.8 Å². The number of fused-ring (bicyclic) bond motifs is 9. The first-order valence-corrected chi connectivity index (χ1v) is 15.9. The third-order valence-electron chi connectivity index (χ3n) is 8.79. The molecule has 5 aromatic carbocycles. The van der Waals surface area contributed by atoms with Crippen LogP contribution in [0, 0.1) is 22.7 Å². The lowest BCUT2D eigenvalue weighted by atomic mass is 9.90. The molecule has 0 fully saturated rings. The summed E-state index contributed by atoms with van der Waals surface area (Å²) in [5.74, 6) is 0.393. The lowest BCUT2D eigenvalue weighted by molar-refractivity contribution is 0.881. The zero-order valence-electron chi connectivity index (χ0n) is 22.8. The van der Waals surface area contributed by atoms with E-state index in [1.165, 1.54) is 16.0 Å². The Morgan fingerprint density at radius 3 is 2.42 bits per heavy atom. The van der Waals surface area contributed by atoms with Crippen LogP contribution in [-0.2, 0) is 0 Å². The second-order valence-electron chi connectivity index (χ2n) is 11.1. The monoisotopic (exact) mass is 583 g/mol. The van der Waals surface area contributed by atoms with Gasteiger partial charge < -0.3 is 4.57 Å². The van der Waals surface area contributed by atoms with Crippen molar-refractivity contribution in [3.63, 3.8) is 0 Å². The number of thioether (sulfide) groups is 1. The highest BCUT2D eigenvalue weighted by molar-refractivity contribution is 8.00. The fourth-order valence-corrected chi connectivity index (χ4v) is 9.62. The maximum absolute atomic E-state index is 10.4. The summed E-state index contributed by atoms with van der Waals surface area (Å²) in [6.07, 6.45) is 8.90. The lowest BCUT2D eigenvalue weighted by Gasteiger charge is -2.14. The number of benzene rings is 5. The van der Waals surface area contributed by atoms with Gasteiger partial charge in [-0.25, -0.2) is 0 Å². The molecule has 0 saturated heterocycles. The Kier molecular flexibility index (Phi) is 5.25. The molecule has 3 nitrogen and oxygen atoms in total. The summed E-state index contributed by atoms with van der Waals surface area (Å²) < 4.78 is 4.47. The van der Waals surface area contributed by atoms with Crippen molar-refractivity contribution in [3.05, 3.63) is 132 Å². The average molecular weight is 584 g/mol. The molecule has 9 rings (SSSR count). The van der Waals surface area contributed by atoms with Crippen molar-refractivity contribution in [1.29, 1.82) is 10.5 Å². The number of nitriles is 2.